The standard InChI is InChI=1S/C18H21N5O2/c1-12-20-10-14(11-21-18(25)15-6-3-4-8-19-15)17(22-12)16-7-5-9-23(16)13(2)24/h3-4,6,8,10,16H,5,7,9,11H2,1-2H3,(H,21,25)/t16-/m1/s1. The Morgan fingerprint density at radius 3 is 2.88 bits per heavy atom. The maximum absolute atomic E-state index is 12.2. The number of carbonyl (C=O) groups is 2. The lowest BCUT2D eigenvalue weighted by Gasteiger charge is -2.24. The van der Waals surface area contributed by atoms with Gasteiger partial charge in [0.15, 0.2) is 0 Å². The van der Waals surface area contributed by atoms with Crippen molar-refractivity contribution in [3.8, 4) is 0 Å². The molecule has 0 aromatic carbocycles. The summed E-state index contributed by atoms with van der Waals surface area (Å²) >= 11 is 0. The van der Waals surface area contributed by atoms with Crippen molar-refractivity contribution in [1.29, 1.82) is 0 Å². The molecule has 1 fully saturated rings. The molecule has 0 bridgehead atoms. The third-order valence-electron chi connectivity index (χ3n) is 4.33. The summed E-state index contributed by atoms with van der Waals surface area (Å²) in [5.41, 5.74) is 2.01. The second-order valence-electron chi connectivity index (χ2n) is 6.10. The Morgan fingerprint density at radius 1 is 1.32 bits per heavy atom. The SMILES string of the molecule is CC(=O)N1CCC[C@@H]1c1nc(C)ncc1CNC(=O)c1ccccn1. The minimum Gasteiger partial charge on any atom is -0.346 e. The van der Waals surface area contributed by atoms with E-state index in [9.17, 15) is 9.59 Å². The predicted octanol–water partition coefficient (Wildman–Crippen LogP) is 1.79. The second kappa shape index (κ2) is 7.38. The average molecular weight is 339 g/mol. The van der Waals surface area contributed by atoms with Crippen molar-refractivity contribution in [2.75, 3.05) is 6.54 Å². The maximum Gasteiger partial charge on any atom is 0.270 e. The van der Waals surface area contributed by atoms with Crippen LogP contribution in [0.25, 0.3) is 0 Å². The van der Waals surface area contributed by atoms with Crippen LogP contribution in [0.15, 0.2) is 30.6 Å². The van der Waals surface area contributed by atoms with Crippen LogP contribution in [0.4, 0.5) is 0 Å². The zero-order valence-electron chi connectivity index (χ0n) is 14.4. The van der Waals surface area contributed by atoms with Gasteiger partial charge in [-0.15, -0.1) is 0 Å². The topological polar surface area (TPSA) is 88.1 Å². The number of nitrogens with zero attached hydrogens (tertiary/aromatic N) is 4. The van der Waals surface area contributed by atoms with E-state index in [4.69, 9.17) is 0 Å². The molecule has 130 valence electrons. The fourth-order valence-corrected chi connectivity index (χ4v) is 3.13. The minimum absolute atomic E-state index is 0.0437. The molecule has 2 aromatic heterocycles. The summed E-state index contributed by atoms with van der Waals surface area (Å²) in [6.07, 6.45) is 5.13. The Hall–Kier alpha value is -2.83. The first-order valence-corrected chi connectivity index (χ1v) is 8.35. The Morgan fingerprint density at radius 2 is 2.16 bits per heavy atom. The van der Waals surface area contributed by atoms with Gasteiger partial charge in [0.1, 0.15) is 11.5 Å². The van der Waals surface area contributed by atoms with Crippen molar-refractivity contribution in [1.82, 2.24) is 25.2 Å². The molecule has 1 aliphatic rings. The first-order chi connectivity index (χ1) is 12.1. The highest BCUT2D eigenvalue weighted by molar-refractivity contribution is 5.92. The van der Waals surface area contributed by atoms with Gasteiger partial charge in [-0.1, -0.05) is 6.07 Å². The Kier molecular flexibility index (Phi) is 5.02. The third kappa shape index (κ3) is 3.81. The van der Waals surface area contributed by atoms with Crippen LogP contribution in [0.2, 0.25) is 0 Å². The molecule has 0 spiro atoms. The summed E-state index contributed by atoms with van der Waals surface area (Å²) in [7, 11) is 0. The lowest BCUT2D eigenvalue weighted by atomic mass is 10.1. The number of likely N-dealkylation sites (tertiary alicyclic amines) is 1. The monoisotopic (exact) mass is 339 g/mol. The summed E-state index contributed by atoms with van der Waals surface area (Å²) in [5.74, 6) is 0.453. The molecule has 3 rings (SSSR count). The predicted molar refractivity (Wildman–Crippen MR) is 91.5 cm³/mol. The summed E-state index contributed by atoms with van der Waals surface area (Å²) in [6.45, 7) is 4.44. The van der Waals surface area contributed by atoms with E-state index in [0.717, 1.165) is 30.6 Å². The van der Waals surface area contributed by atoms with Crippen LogP contribution in [-0.2, 0) is 11.3 Å². The van der Waals surface area contributed by atoms with E-state index in [1.807, 2.05) is 11.8 Å². The fraction of sp³-hybridized carbons (Fsp3) is 0.389. The molecule has 1 aliphatic heterocycles. The number of rotatable bonds is 4. The zero-order valence-corrected chi connectivity index (χ0v) is 14.4. The molecule has 25 heavy (non-hydrogen) atoms. The van der Waals surface area contributed by atoms with Gasteiger partial charge in [0, 0.05) is 38.0 Å². The highest BCUT2D eigenvalue weighted by atomic mass is 16.2. The van der Waals surface area contributed by atoms with Crippen LogP contribution >= 0.6 is 0 Å². The van der Waals surface area contributed by atoms with Crippen LogP contribution in [0.3, 0.4) is 0 Å². The molecule has 3 heterocycles. The van der Waals surface area contributed by atoms with Gasteiger partial charge in [-0.3, -0.25) is 14.6 Å². The maximum atomic E-state index is 12.2. The van der Waals surface area contributed by atoms with Gasteiger partial charge in [0.2, 0.25) is 5.91 Å². The largest absolute Gasteiger partial charge is 0.346 e. The molecule has 1 N–H and O–H groups in total. The van der Waals surface area contributed by atoms with E-state index in [0.29, 0.717) is 18.1 Å². The van der Waals surface area contributed by atoms with Gasteiger partial charge in [-0.05, 0) is 31.9 Å². The van der Waals surface area contributed by atoms with E-state index in [-0.39, 0.29) is 17.9 Å². The van der Waals surface area contributed by atoms with Crippen molar-refractivity contribution >= 4 is 11.8 Å². The quantitative estimate of drug-likeness (QED) is 0.917. The van der Waals surface area contributed by atoms with Crippen molar-refractivity contribution < 1.29 is 9.59 Å². The van der Waals surface area contributed by atoms with Crippen molar-refractivity contribution in [3.63, 3.8) is 0 Å². The fourth-order valence-electron chi connectivity index (χ4n) is 3.13. The molecule has 7 nitrogen and oxygen atoms in total. The highest BCUT2D eigenvalue weighted by Crippen LogP contribution is 2.32. The molecule has 7 heteroatoms. The summed E-state index contributed by atoms with van der Waals surface area (Å²) in [6, 6.07) is 5.14. The van der Waals surface area contributed by atoms with Gasteiger partial charge in [-0.2, -0.15) is 0 Å². The molecule has 1 atom stereocenters. The molecule has 0 saturated carbocycles. The Labute approximate surface area is 146 Å². The van der Waals surface area contributed by atoms with Crippen LogP contribution in [0.1, 0.15) is 53.4 Å². The van der Waals surface area contributed by atoms with Crippen molar-refractivity contribution in [2.45, 2.75) is 39.3 Å². The minimum atomic E-state index is -0.248. The number of carbonyl (C=O) groups excluding carboxylic acids is 2. The van der Waals surface area contributed by atoms with Gasteiger partial charge in [-0.25, -0.2) is 9.97 Å². The number of pyridine rings is 1. The molecule has 2 aromatic rings. The molecule has 2 amide bonds. The Bertz CT molecular complexity index is 778. The van der Waals surface area contributed by atoms with E-state index < -0.39 is 0 Å². The van der Waals surface area contributed by atoms with Gasteiger partial charge in [0.05, 0.1) is 11.7 Å². The lowest BCUT2D eigenvalue weighted by Crippen LogP contribution is -2.31. The lowest BCUT2D eigenvalue weighted by molar-refractivity contribution is -0.129. The summed E-state index contributed by atoms with van der Waals surface area (Å²) in [5, 5.41) is 2.86. The van der Waals surface area contributed by atoms with Crippen LogP contribution < -0.4 is 5.32 Å². The average Bonchev–Trinajstić information content (AvgIpc) is 3.11. The molecule has 0 radical (unpaired) electrons. The molecular formula is C18H21N5O2. The van der Waals surface area contributed by atoms with Gasteiger partial charge in [0.25, 0.3) is 5.91 Å². The summed E-state index contributed by atoms with van der Waals surface area (Å²) < 4.78 is 0. The molecule has 1 saturated heterocycles. The number of aryl methyl sites for hydroxylation is 1. The Balaban J connectivity index is 1.80. The molecule has 0 aliphatic carbocycles. The number of aromatic nitrogens is 3. The van der Waals surface area contributed by atoms with Crippen LogP contribution in [0, 0.1) is 6.92 Å². The first-order valence-electron chi connectivity index (χ1n) is 8.35. The molecule has 0 unspecified atom stereocenters. The smallest absolute Gasteiger partial charge is 0.270 e. The highest BCUT2D eigenvalue weighted by Gasteiger charge is 2.31. The van der Waals surface area contributed by atoms with Gasteiger partial charge >= 0.3 is 0 Å². The van der Waals surface area contributed by atoms with E-state index >= 15 is 0 Å². The van der Waals surface area contributed by atoms with Gasteiger partial charge < -0.3 is 10.2 Å². The van der Waals surface area contributed by atoms with E-state index in [2.05, 4.69) is 20.3 Å². The normalized spacial score (nSPS) is 16.7. The van der Waals surface area contributed by atoms with Crippen molar-refractivity contribution in [3.05, 3.63) is 53.4 Å². The number of hydrogen-bond donors (Lipinski definition) is 1. The molecular weight excluding hydrogens is 318 g/mol. The number of nitrogens with one attached hydrogen (secondary N) is 1. The zero-order chi connectivity index (χ0) is 17.8. The van der Waals surface area contributed by atoms with E-state index in [1.165, 1.54) is 0 Å². The van der Waals surface area contributed by atoms with Crippen LogP contribution in [-0.4, -0.2) is 38.2 Å². The first kappa shape index (κ1) is 17.0. The van der Waals surface area contributed by atoms with Crippen LogP contribution in [0.5, 0.6) is 0 Å². The second-order valence-corrected chi connectivity index (χ2v) is 6.10. The number of hydrogen-bond acceptors (Lipinski definition) is 5. The number of amides is 2. The van der Waals surface area contributed by atoms with Crippen molar-refractivity contribution in [2.24, 2.45) is 0 Å². The third-order valence-corrected chi connectivity index (χ3v) is 4.33. The van der Waals surface area contributed by atoms with E-state index in [1.54, 1.807) is 37.5 Å². The summed E-state index contributed by atoms with van der Waals surface area (Å²) in [4.78, 5) is 38.8.